The fraction of sp³-hybridized carbons (Fsp3) is 0.571. The van der Waals surface area contributed by atoms with Crippen LogP contribution in [-0.4, -0.2) is 38.5 Å². The molecule has 6 nitrogen and oxygen atoms in total. The van der Waals surface area contributed by atoms with E-state index in [9.17, 15) is 8.42 Å². The van der Waals surface area contributed by atoms with Crippen LogP contribution in [-0.2, 0) is 16.7 Å². The summed E-state index contributed by atoms with van der Waals surface area (Å²) in [5.41, 5.74) is 0.953. The van der Waals surface area contributed by atoms with Gasteiger partial charge in [0.2, 0.25) is 0 Å². The van der Waals surface area contributed by atoms with E-state index in [0.717, 1.165) is 5.56 Å². The molecule has 0 amide bonds. The van der Waals surface area contributed by atoms with Crippen LogP contribution in [0, 0.1) is 0 Å². The SMILES string of the molecule is CCOc1cccc(CNCCCS(=O)(=O)O)c1OCC. The van der Waals surface area contributed by atoms with Crippen LogP contribution in [0.15, 0.2) is 18.2 Å². The van der Waals surface area contributed by atoms with Crippen molar-refractivity contribution in [2.75, 3.05) is 25.5 Å². The van der Waals surface area contributed by atoms with Gasteiger partial charge in [-0.25, -0.2) is 0 Å². The molecule has 0 aliphatic carbocycles. The van der Waals surface area contributed by atoms with E-state index in [4.69, 9.17) is 14.0 Å². The van der Waals surface area contributed by atoms with E-state index in [1.807, 2.05) is 32.0 Å². The lowest BCUT2D eigenvalue weighted by Gasteiger charge is -2.15. The quantitative estimate of drug-likeness (QED) is 0.506. The van der Waals surface area contributed by atoms with Crippen LogP contribution in [0.2, 0.25) is 0 Å². The zero-order valence-corrected chi connectivity index (χ0v) is 13.3. The minimum atomic E-state index is -3.88. The lowest BCUT2D eigenvalue weighted by Crippen LogP contribution is -2.18. The summed E-state index contributed by atoms with van der Waals surface area (Å²) in [6.45, 7) is 5.96. The number of para-hydroxylation sites is 1. The van der Waals surface area contributed by atoms with Gasteiger partial charge in [-0.15, -0.1) is 0 Å². The molecule has 0 unspecified atom stereocenters. The van der Waals surface area contributed by atoms with Gasteiger partial charge < -0.3 is 14.8 Å². The first kappa shape index (κ1) is 17.7. The second kappa shape index (κ2) is 8.86. The van der Waals surface area contributed by atoms with E-state index < -0.39 is 10.1 Å². The lowest BCUT2D eigenvalue weighted by molar-refractivity contribution is 0.285. The monoisotopic (exact) mass is 317 g/mol. The summed E-state index contributed by atoms with van der Waals surface area (Å²) >= 11 is 0. The van der Waals surface area contributed by atoms with Crippen LogP contribution < -0.4 is 14.8 Å². The van der Waals surface area contributed by atoms with Crippen LogP contribution in [0.5, 0.6) is 11.5 Å². The molecule has 1 rings (SSSR count). The van der Waals surface area contributed by atoms with Crippen molar-refractivity contribution in [3.8, 4) is 11.5 Å². The molecule has 0 radical (unpaired) electrons. The van der Waals surface area contributed by atoms with Gasteiger partial charge in [0.15, 0.2) is 11.5 Å². The van der Waals surface area contributed by atoms with Gasteiger partial charge in [0, 0.05) is 12.1 Å². The van der Waals surface area contributed by atoms with Crippen molar-refractivity contribution < 1.29 is 22.4 Å². The molecule has 1 aromatic rings. The molecule has 0 aromatic heterocycles. The second-order valence-corrected chi connectivity index (χ2v) is 6.00. The maximum Gasteiger partial charge on any atom is 0.264 e. The highest BCUT2D eigenvalue weighted by Crippen LogP contribution is 2.31. The molecule has 1 aromatic carbocycles. The Kier molecular flexibility index (Phi) is 7.49. The van der Waals surface area contributed by atoms with Gasteiger partial charge in [0.25, 0.3) is 10.1 Å². The molecule has 7 heteroatoms. The van der Waals surface area contributed by atoms with Crippen molar-refractivity contribution in [2.45, 2.75) is 26.8 Å². The van der Waals surface area contributed by atoms with Gasteiger partial charge in [0.05, 0.1) is 19.0 Å². The molecule has 0 aliphatic heterocycles. The smallest absolute Gasteiger partial charge is 0.264 e. The first-order chi connectivity index (χ1) is 9.98. The van der Waals surface area contributed by atoms with Gasteiger partial charge in [0.1, 0.15) is 0 Å². The highest BCUT2D eigenvalue weighted by atomic mass is 32.2. The standard InChI is InChI=1S/C14H23NO5S/c1-3-19-13-8-5-7-12(14(13)20-4-2)11-15-9-6-10-21(16,17)18/h5,7-8,15H,3-4,6,9-11H2,1-2H3,(H,16,17,18). The highest BCUT2D eigenvalue weighted by molar-refractivity contribution is 7.85. The predicted octanol–water partition coefficient (Wildman–Crippen LogP) is 1.85. The zero-order valence-electron chi connectivity index (χ0n) is 12.5. The molecule has 21 heavy (non-hydrogen) atoms. The molecule has 0 saturated carbocycles. The average molecular weight is 317 g/mol. The molecule has 0 bridgehead atoms. The minimum absolute atomic E-state index is 0.239. The third-order valence-corrected chi connectivity index (χ3v) is 3.52. The van der Waals surface area contributed by atoms with E-state index in [1.54, 1.807) is 0 Å². The molecule has 120 valence electrons. The fourth-order valence-electron chi connectivity index (χ4n) is 1.88. The highest BCUT2D eigenvalue weighted by Gasteiger charge is 2.10. The van der Waals surface area contributed by atoms with E-state index >= 15 is 0 Å². The summed E-state index contributed by atoms with van der Waals surface area (Å²) in [6.07, 6.45) is 0.355. The van der Waals surface area contributed by atoms with Crippen molar-refractivity contribution >= 4 is 10.1 Å². The van der Waals surface area contributed by atoms with E-state index in [-0.39, 0.29) is 5.75 Å². The largest absolute Gasteiger partial charge is 0.490 e. The summed E-state index contributed by atoms with van der Waals surface area (Å²) in [5, 5.41) is 3.13. The predicted molar refractivity (Wildman–Crippen MR) is 81.5 cm³/mol. The van der Waals surface area contributed by atoms with Gasteiger partial charge in [-0.05, 0) is 32.9 Å². The Labute approximate surface area is 126 Å². The van der Waals surface area contributed by atoms with Crippen molar-refractivity contribution in [3.63, 3.8) is 0 Å². The summed E-state index contributed by atoms with van der Waals surface area (Å²) < 4.78 is 41.0. The van der Waals surface area contributed by atoms with E-state index in [1.165, 1.54) is 0 Å². The maximum absolute atomic E-state index is 10.6. The van der Waals surface area contributed by atoms with Gasteiger partial charge >= 0.3 is 0 Å². The third kappa shape index (κ3) is 6.79. The van der Waals surface area contributed by atoms with Crippen LogP contribution in [0.1, 0.15) is 25.8 Å². The molecule has 0 aliphatic rings. The molecule has 0 atom stereocenters. The van der Waals surface area contributed by atoms with Crippen LogP contribution in [0.3, 0.4) is 0 Å². The molecule has 0 saturated heterocycles. The number of rotatable bonds is 10. The van der Waals surface area contributed by atoms with Crippen LogP contribution in [0.4, 0.5) is 0 Å². The topological polar surface area (TPSA) is 84.9 Å². The molecule has 2 N–H and O–H groups in total. The Hall–Kier alpha value is -1.31. The first-order valence-corrected chi connectivity index (χ1v) is 8.62. The van der Waals surface area contributed by atoms with Crippen LogP contribution in [0.25, 0.3) is 0 Å². The summed E-state index contributed by atoms with van der Waals surface area (Å²) in [4.78, 5) is 0. The summed E-state index contributed by atoms with van der Waals surface area (Å²) in [7, 11) is -3.88. The Morgan fingerprint density at radius 3 is 2.52 bits per heavy atom. The van der Waals surface area contributed by atoms with E-state index in [0.29, 0.717) is 44.2 Å². The zero-order chi connectivity index (χ0) is 15.7. The molecule has 0 heterocycles. The fourth-order valence-corrected chi connectivity index (χ4v) is 2.39. The molecular formula is C14H23NO5S. The number of nitrogens with one attached hydrogen (secondary N) is 1. The molecular weight excluding hydrogens is 294 g/mol. The molecule has 0 spiro atoms. The maximum atomic E-state index is 10.6. The number of hydrogen-bond donors (Lipinski definition) is 2. The Morgan fingerprint density at radius 1 is 1.19 bits per heavy atom. The summed E-state index contributed by atoms with van der Waals surface area (Å²) in [6, 6.07) is 5.68. The normalized spacial score (nSPS) is 11.4. The average Bonchev–Trinajstić information content (AvgIpc) is 2.40. The Morgan fingerprint density at radius 2 is 1.90 bits per heavy atom. The van der Waals surface area contributed by atoms with Crippen molar-refractivity contribution in [1.29, 1.82) is 0 Å². The van der Waals surface area contributed by atoms with Gasteiger partial charge in [-0.2, -0.15) is 8.42 Å². The second-order valence-electron chi connectivity index (χ2n) is 4.43. The number of benzene rings is 1. The van der Waals surface area contributed by atoms with Gasteiger partial charge in [-0.1, -0.05) is 12.1 Å². The summed E-state index contributed by atoms with van der Waals surface area (Å²) in [5.74, 6) is 1.18. The van der Waals surface area contributed by atoms with Crippen molar-refractivity contribution in [3.05, 3.63) is 23.8 Å². The number of ether oxygens (including phenoxy) is 2. The first-order valence-electron chi connectivity index (χ1n) is 7.01. The number of hydrogen-bond acceptors (Lipinski definition) is 5. The van der Waals surface area contributed by atoms with E-state index in [2.05, 4.69) is 5.32 Å². The Balaban J connectivity index is 2.59. The Bertz CT molecular complexity index is 530. The van der Waals surface area contributed by atoms with Crippen molar-refractivity contribution in [2.24, 2.45) is 0 Å². The third-order valence-electron chi connectivity index (χ3n) is 2.72. The van der Waals surface area contributed by atoms with Crippen LogP contribution >= 0.6 is 0 Å². The van der Waals surface area contributed by atoms with Crippen molar-refractivity contribution in [1.82, 2.24) is 5.32 Å². The van der Waals surface area contributed by atoms with Gasteiger partial charge in [-0.3, -0.25) is 4.55 Å². The molecule has 0 fully saturated rings. The minimum Gasteiger partial charge on any atom is -0.490 e. The lowest BCUT2D eigenvalue weighted by atomic mass is 10.2.